The van der Waals surface area contributed by atoms with E-state index >= 15 is 0 Å². The predicted octanol–water partition coefficient (Wildman–Crippen LogP) is 4.99. The maximum absolute atomic E-state index is 14.1. The van der Waals surface area contributed by atoms with Crippen LogP contribution in [0.2, 0.25) is 10.0 Å². The highest BCUT2D eigenvalue weighted by atomic mass is 35.5. The van der Waals surface area contributed by atoms with Gasteiger partial charge in [-0.25, -0.2) is 4.39 Å². The molecule has 2 aromatic carbocycles. The van der Waals surface area contributed by atoms with Crippen molar-refractivity contribution in [2.45, 2.75) is 12.8 Å². The van der Waals surface area contributed by atoms with Gasteiger partial charge in [0, 0.05) is 15.6 Å². The Kier molecular flexibility index (Phi) is 4.31. The van der Waals surface area contributed by atoms with Crippen molar-refractivity contribution >= 4 is 29.2 Å². The van der Waals surface area contributed by atoms with Crippen molar-refractivity contribution in [2.24, 2.45) is 0 Å². The lowest BCUT2D eigenvalue weighted by Gasteiger charge is -2.10. The molecule has 0 spiro atoms. The molecule has 0 aromatic heterocycles. The largest absolute Gasteiger partial charge is 0.481 e. The van der Waals surface area contributed by atoms with Gasteiger partial charge in [0.15, 0.2) is 0 Å². The van der Waals surface area contributed by atoms with Gasteiger partial charge in [-0.3, -0.25) is 4.79 Å². The summed E-state index contributed by atoms with van der Waals surface area (Å²) >= 11 is 11.8. The monoisotopic (exact) mass is 312 g/mol. The third kappa shape index (κ3) is 3.11. The van der Waals surface area contributed by atoms with Crippen LogP contribution in [0.4, 0.5) is 4.39 Å². The molecular formula is C15H11Cl2FO2. The first-order valence-corrected chi connectivity index (χ1v) is 6.63. The van der Waals surface area contributed by atoms with Crippen LogP contribution in [0.3, 0.4) is 0 Å². The average Bonchev–Trinajstić information content (AvgIpc) is 2.36. The molecule has 0 saturated carbocycles. The minimum absolute atomic E-state index is 0.329. The van der Waals surface area contributed by atoms with Gasteiger partial charge in [-0.2, -0.15) is 0 Å². The number of carboxylic acid groups (broad SMARTS) is 1. The molecular weight excluding hydrogens is 302 g/mol. The maximum Gasteiger partial charge on any atom is 0.310 e. The Morgan fingerprint density at radius 2 is 1.75 bits per heavy atom. The molecule has 0 aliphatic heterocycles. The van der Waals surface area contributed by atoms with Crippen LogP contribution < -0.4 is 0 Å². The fraction of sp³-hybridized carbons (Fsp3) is 0.133. The smallest absolute Gasteiger partial charge is 0.310 e. The quantitative estimate of drug-likeness (QED) is 0.867. The van der Waals surface area contributed by atoms with Gasteiger partial charge in [-0.15, -0.1) is 0 Å². The first kappa shape index (κ1) is 14.8. The molecule has 0 radical (unpaired) electrons. The van der Waals surface area contributed by atoms with Crippen LogP contribution in [0.15, 0.2) is 36.4 Å². The van der Waals surface area contributed by atoms with E-state index in [1.54, 1.807) is 24.3 Å². The standard InChI is InChI=1S/C15H11Cl2FO2/c1-8(15(19)20)9-2-3-13(14(18)6-9)10-4-11(16)7-12(17)5-10/h2-8H,1H3,(H,19,20). The molecule has 0 saturated heterocycles. The molecule has 20 heavy (non-hydrogen) atoms. The van der Waals surface area contributed by atoms with Crippen molar-refractivity contribution in [3.05, 3.63) is 57.8 Å². The average molecular weight is 313 g/mol. The zero-order valence-electron chi connectivity index (χ0n) is 10.5. The molecule has 2 nitrogen and oxygen atoms in total. The minimum atomic E-state index is -0.997. The van der Waals surface area contributed by atoms with Gasteiger partial charge in [-0.05, 0) is 42.3 Å². The second-order valence-corrected chi connectivity index (χ2v) is 5.33. The molecule has 2 rings (SSSR count). The molecule has 104 valence electrons. The van der Waals surface area contributed by atoms with E-state index in [-0.39, 0.29) is 0 Å². The number of benzene rings is 2. The molecule has 1 atom stereocenters. The number of rotatable bonds is 3. The van der Waals surface area contributed by atoms with Crippen molar-refractivity contribution in [3.8, 4) is 11.1 Å². The van der Waals surface area contributed by atoms with Gasteiger partial charge in [0.2, 0.25) is 0 Å². The summed E-state index contributed by atoms with van der Waals surface area (Å²) in [4.78, 5) is 10.9. The molecule has 0 amide bonds. The molecule has 5 heteroatoms. The van der Waals surface area contributed by atoms with Crippen LogP contribution in [0, 0.1) is 5.82 Å². The molecule has 0 aliphatic rings. The third-order valence-corrected chi connectivity index (χ3v) is 3.47. The Morgan fingerprint density at radius 1 is 1.15 bits per heavy atom. The summed E-state index contributed by atoms with van der Waals surface area (Å²) in [6, 6.07) is 9.12. The number of hydrogen-bond donors (Lipinski definition) is 1. The van der Waals surface area contributed by atoms with Crippen molar-refractivity contribution < 1.29 is 14.3 Å². The second-order valence-electron chi connectivity index (χ2n) is 4.46. The van der Waals surface area contributed by atoms with Gasteiger partial charge in [0.05, 0.1) is 5.92 Å². The van der Waals surface area contributed by atoms with E-state index < -0.39 is 17.7 Å². The zero-order chi connectivity index (χ0) is 14.9. The Labute approximate surface area is 125 Å². The first-order chi connectivity index (χ1) is 9.38. The lowest BCUT2D eigenvalue weighted by Crippen LogP contribution is -2.07. The minimum Gasteiger partial charge on any atom is -0.481 e. The lowest BCUT2D eigenvalue weighted by molar-refractivity contribution is -0.138. The van der Waals surface area contributed by atoms with Gasteiger partial charge < -0.3 is 5.11 Å². The van der Waals surface area contributed by atoms with Gasteiger partial charge in [0.25, 0.3) is 0 Å². The van der Waals surface area contributed by atoms with E-state index in [0.29, 0.717) is 26.7 Å². The summed E-state index contributed by atoms with van der Waals surface area (Å²) in [6.45, 7) is 1.51. The van der Waals surface area contributed by atoms with E-state index in [9.17, 15) is 9.18 Å². The molecule has 2 aromatic rings. The van der Waals surface area contributed by atoms with Crippen molar-refractivity contribution in [1.82, 2.24) is 0 Å². The predicted molar refractivity (Wildman–Crippen MR) is 77.9 cm³/mol. The Balaban J connectivity index is 2.46. The summed E-state index contributed by atoms with van der Waals surface area (Å²) in [5.41, 5.74) is 1.29. The third-order valence-electron chi connectivity index (χ3n) is 3.04. The highest BCUT2D eigenvalue weighted by Gasteiger charge is 2.16. The van der Waals surface area contributed by atoms with Crippen LogP contribution in [0.25, 0.3) is 11.1 Å². The molecule has 0 fully saturated rings. The summed E-state index contributed by atoms with van der Waals surface area (Å²) < 4.78 is 14.1. The topological polar surface area (TPSA) is 37.3 Å². The fourth-order valence-corrected chi connectivity index (χ4v) is 2.41. The van der Waals surface area contributed by atoms with E-state index in [0.717, 1.165) is 0 Å². The van der Waals surface area contributed by atoms with Crippen LogP contribution in [-0.2, 0) is 4.79 Å². The van der Waals surface area contributed by atoms with E-state index in [4.69, 9.17) is 28.3 Å². The SMILES string of the molecule is CC(C(=O)O)c1ccc(-c2cc(Cl)cc(Cl)c2)c(F)c1. The van der Waals surface area contributed by atoms with Gasteiger partial charge >= 0.3 is 5.97 Å². The van der Waals surface area contributed by atoms with Crippen LogP contribution in [0.5, 0.6) is 0 Å². The summed E-state index contributed by atoms with van der Waals surface area (Å²) in [6.07, 6.45) is 0. The number of hydrogen-bond acceptors (Lipinski definition) is 1. The lowest BCUT2D eigenvalue weighted by atomic mass is 9.97. The number of halogens is 3. The second kappa shape index (κ2) is 5.81. The molecule has 0 heterocycles. The van der Waals surface area contributed by atoms with Crippen molar-refractivity contribution in [2.75, 3.05) is 0 Å². The molecule has 1 unspecified atom stereocenters. The Hall–Kier alpha value is -1.58. The summed E-state index contributed by atoms with van der Waals surface area (Å²) in [7, 11) is 0. The van der Waals surface area contributed by atoms with Crippen LogP contribution >= 0.6 is 23.2 Å². The highest BCUT2D eigenvalue weighted by Crippen LogP contribution is 2.30. The Bertz CT molecular complexity index is 651. The Morgan fingerprint density at radius 3 is 2.25 bits per heavy atom. The summed E-state index contributed by atoms with van der Waals surface area (Å²) in [5, 5.41) is 9.75. The zero-order valence-corrected chi connectivity index (χ0v) is 12.0. The number of carboxylic acids is 1. The number of carbonyl (C=O) groups is 1. The molecule has 0 bridgehead atoms. The first-order valence-electron chi connectivity index (χ1n) is 5.87. The van der Waals surface area contributed by atoms with E-state index in [2.05, 4.69) is 0 Å². The van der Waals surface area contributed by atoms with E-state index in [1.165, 1.54) is 19.1 Å². The summed E-state index contributed by atoms with van der Waals surface area (Å²) in [5.74, 6) is -2.27. The van der Waals surface area contributed by atoms with Crippen LogP contribution in [0.1, 0.15) is 18.4 Å². The number of aliphatic carboxylic acids is 1. The van der Waals surface area contributed by atoms with Crippen LogP contribution in [-0.4, -0.2) is 11.1 Å². The van der Waals surface area contributed by atoms with Gasteiger partial charge in [0.1, 0.15) is 5.82 Å². The highest BCUT2D eigenvalue weighted by molar-refractivity contribution is 6.35. The van der Waals surface area contributed by atoms with Crippen molar-refractivity contribution in [3.63, 3.8) is 0 Å². The maximum atomic E-state index is 14.1. The fourth-order valence-electron chi connectivity index (χ4n) is 1.89. The van der Waals surface area contributed by atoms with E-state index in [1.807, 2.05) is 0 Å². The molecule has 0 aliphatic carbocycles. The van der Waals surface area contributed by atoms with Gasteiger partial charge in [-0.1, -0.05) is 35.3 Å². The normalized spacial score (nSPS) is 12.2. The van der Waals surface area contributed by atoms with Crippen molar-refractivity contribution in [1.29, 1.82) is 0 Å². The molecule has 1 N–H and O–H groups in total.